The van der Waals surface area contributed by atoms with E-state index in [9.17, 15) is 14.4 Å². The average molecular weight is 408 g/mol. The molecule has 0 aliphatic carbocycles. The van der Waals surface area contributed by atoms with Crippen LogP contribution in [0.4, 0.5) is 4.79 Å². The summed E-state index contributed by atoms with van der Waals surface area (Å²) in [5.41, 5.74) is 0.956. The molecule has 3 heterocycles. The van der Waals surface area contributed by atoms with Gasteiger partial charge in [0.05, 0.1) is 26.0 Å². The third-order valence-electron chi connectivity index (χ3n) is 5.11. The second-order valence-electron chi connectivity index (χ2n) is 7.16. The van der Waals surface area contributed by atoms with E-state index in [1.165, 1.54) is 23.4 Å². The summed E-state index contributed by atoms with van der Waals surface area (Å²) in [4.78, 5) is 43.7. The molecule has 9 heteroatoms. The van der Waals surface area contributed by atoms with Crippen LogP contribution < -0.4 is 5.32 Å². The minimum atomic E-state index is -0.629. The quantitative estimate of drug-likeness (QED) is 0.644. The zero-order valence-electron chi connectivity index (χ0n) is 16.6. The highest BCUT2D eigenvalue weighted by molar-refractivity contribution is 8.03. The molecule has 0 radical (unpaired) electrons. The fourth-order valence-electron chi connectivity index (χ4n) is 3.56. The number of thioether (sulfide) groups is 1. The molecular formula is C19H27N4O4S+. The van der Waals surface area contributed by atoms with Crippen LogP contribution >= 0.6 is 11.8 Å². The summed E-state index contributed by atoms with van der Waals surface area (Å²) in [7, 11) is 3.10. The van der Waals surface area contributed by atoms with Crippen molar-refractivity contribution in [3.63, 3.8) is 0 Å². The largest absolute Gasteiger partial charge is 0.445 e. The lowest BCUT2D eigenvalue weighted by atomic mass is 9.96. The number of allylic oxidation sites excluding steroid dienone is 1. The van der Waals surface area contributed by atoms with Crippen LogP contribution in [-0.4, -0.2) is 78.5 Å². The van der Waals surface area contributed by atoms with Gasteiger partial charge >= 0.3 is 11.9 Å². The Labute approximate surface area is 169 Å². The fourth-order valence-corrected chi connectivity index (χ4v) is 4.66. The second kappa shape index (κ2) is 9.00. The summed E-state index contributed by atoms with van der Waals surface area (Å²) >= 11 is 1.36. The number of nitrogens with one attached hydrogen (secondary N) is 1. The van der Waals surface area contributed by atoms with E-state index in [2.05, 4.69) is 17.2 Å². The number of imide groups is 1. The van der Waals surface area contributed by atoms with E-state index >= 15 is 0 Å². The molecule has 0 bridgehead atoms. The van der Waals surface area contributed by atoms with Gasteiger partial charge in [0.1, 0.15) is 6.21 Å². The SMILES string of the molecule is CCCC1=C(SCC(=O)NCC2CCCO2)C2C(=O)N(C)C(=O)[N+](C)=C2N=C1. The molecule has 2 atom stereocenters. The number of aliphatic imine (C=N–C) groups is 1. The van der Waals surface area contributed by atoms with Gasteiger partial charge in [-0.2, -0.15) is 9.48 Å². The number of urea groups is 1. The molecular weight excluding hydrogens is 380 g/mol. The van der Waals surface area contributed by atoms with Crippen LogP contribution in [0.15, 0.2) is 15.5 Å². The fraction of sp³-hybridized carbons (Fsp3) is 0.632. The van der Waals surface area contributed by atoms with Crippen molar-refractivity contribution >= 4 is 41.7 Å². The third-order valence-corrected chi connectivity index (χ3v) is 6.33. The first-order chi connectivity index (χ1) is 13.4. The highest BCUT2D eigenvalue weighted by atomic mass is 32.2. The maximum atomic E-state index is 12.8. The molecule has 8 nitrogen and oxygen atoms in total. The number of carbonyl (C=O) groups is 3. The minimum absolute atomic E-state index is 0.0889. The smallest absolute Gasteiger partial charge is 0.376 e. The molecule has 28 heavy (non-hydrogen) atoms. The summed E-state index contributed by atoms with van der Waals surface area (Å²) in [6.07, 6.45) is 5.49. The van der Waals surface area contributed by atoms with Crippen molar-refractivity contribution in [2.24, 2.45) is 10.9 Å². The number of hydrogen-bond acceptors (Lipinski definition) is 6. The lowest BCUT2D eigenvalue weighted by molar-refractivity contribution is -0.407. The van der Waals surface area contributed by atoms with Gasteiger partial charge in [-0.25, -0.2) is 4.79 Å². The Morgan fingerprint density at radius 1 is 1.46 bits per heavy atom. The van der Waals surface area contributed by atoms with Gasteiger partial charge in [-0.05, 0) is 24.8 Å². The summed E-state index contributed by atoms with van der Waals surface area (Å²) in [6, 6.07) is -0.397. The summed E-state index contributed by atoms with van der Waals surface area (Å²) < 4.78 is 6.93. The first kappa shape index (κ1) is 20.7. The first-order valence-electron chi connectivity index (χ1n) is 9.64. The molecule has 0 aromatic rings. The standard InChI is InChI=1S/C19H26N4O4S/c1-4-6-12-9-21-17-15(18(25)23(3)19(26)22(17)2)16(12)28-11-14(24)20-10-13-7-5-8-27-13/h9,13,15H,4-8,10-11H2,1-3H3/p+1. The van der Waals surface area contributed by atoms with Gasteiger partial charge in [-0.1, -0.05) is 13.3 Å². The van der Waals surface area contributed by atoms with Gasteiger partial charge in [0.15, 0.2) is 5.92 Å². The van der Waals surface area contributed by atoms with Crippen LogP contribution in [0.3, 0.4) is 0 Å². The van der Waals surface area contributed by atoms with Crippen LogP contribution in [0.5, 0.6) is 0 Å². The molecule has 0 aromatic carbocycles. The van der Waals surface area contributed by atoms with E-state index in [1.54, 1.807) is 13.3 Å². The number of nitrogens with zero attached hydrogens (tertiary/aromatic N) is 3. The zero-order valence-corrected chi connectivity index (χ0v) is 17.4. The predicted octanol–water partition coefficient (Wildman–Crippen LogP) is 1.40. The number of hydrogen-bond donors (Lipinski definition) is 1. The highest BCUT2D eigenvalue weighted by Crippen LogP contribution is 2.35. The molecule has 3 rings (SSSR count). The Bertz CT molecular complexity index is 768. The van der Waals surface area contributed by atoms with Gasteiger partial charge < -0.3 is 10.1 Å². The van der Waals surface area contributed by atoms with Crippen molar-refractivity contribution in [2.75, 3.05) is 33.0 Å². The molecule has 1 fully saturated rings. The number of carbonyl (C=O) groups excluding carboxylic acids is 3. The Kier molecular flexibility index (Phi) is 6.66. The van der Waals surface area contributed by atoms with E-state index in [0.717, 1.165) is 47.7 Å². The number of fused-ring (bicyclic) bond motifs is 1. The lowest BCUT2D eigenvalue weighted by Crippen LogP contribution is -2.52. The topological polar surface area (TPSA) is 91.1 Å². The van der Waals surface area contributed by atoms with E-state index in [1.807, 2.05) is 0 Å². The van der Waals surface area contributed by atoms with Gasteiger partial charge in [0.25, 0.3) is 5.84 Å². The highest BCUT2D eigenvalue weighted by Gasteiger charge is 2.48. The third kappa shape index (κ3) is 4.20. The van der Waals surface area contributed by atoms with E-state index < -0.39 is 11.9 Å². The number of amidine groups is 1. The molecule has 4 amide bonds. The van der Waals surface area contributed by atoms with Crippen LogP contribution in [0, 0.1) is 5.92 Å². The van der Waals surface area contributed by atoms with E-state index in [-0.39, 0.29) is 23.7 Å². The van der Waals surface area contributed by atoms with Crippen molar-refractivity contribution in [1.29, 1.82) is 0 Å². The summed E-state index contributed by atoms with van der Waals surface area (Å²) in [5.74, 6) is -0.383. The van der Waals surface area contributed by atoms with Gasteiger partial charge in [-0.3, -0.25) is 9.59 Å². The molecule has 1 N–H and O–H groups in total. The first-order valence-corrected chi connectivity index (χ1v) is 10.6. The van der Waals surface area contributed by atoms with Crippen LogP contribution in [-0.2, 0) is 14.3 Å². The van der Waals surface area contributed by atoms with Crippen LogP contribution in [0.25, 0.3) is 0 Å². The molecule has 2 unspecified atom stereocenters. The van der Waals surface area contributed by atoms with Gasteiger partial charge in [-0.15, -0.1) is 16.8 Å². The number of dihydropyridines is 1. The predicted molar refractivity (Wildman–Crippen MR) is 108 cm³/mol. The number of ether oxygens (including phenoxy) is 1. The van der Waals surface area contributed by atoms with Crippen molar-refractivity contribution in [3.05, 3.63) is 10.5 Å². The van der Waals surface area contributed by atoms with E-state index in [0.29, 0.717) is 12.4 Å². The zero-order chi connectivity index (χ0) is 20.3. The molecule has 1 saturated heterocycles. The average Bonchev–Trinajstić information content (AvgIpc) is 3.21. The summed E-state index contributed by atoms with van der Waals surface area (Å²) in [5, 5.41) is 2.91. The van der Waals surface area contributed by atoms with Gasteiger partial charge in [0, 0.05) is 18.1 Å². The van der Waals surface area contributed by atoms with Crippen molar-refractivity contribution in [3.8, 4) is 0 Å². The molecule has 3 aliphatic heterocycles. The molecule has 0 aromatic heterocycles. The van der Waals surface area contributed by atoms with Crippen LogP contribution in [0.1, 0.15) is 32.6 Å². The number of amides is 4. The molecule has 152 valence electrons. The Balaban J connectivity index is 1.75. The molecule has 3 aliphatic rings. The molecule has 0 saturated carbocycles. The maximum absolute atomic E-state index is 12.8. The van der Waals surface area contributed by atoms with Crippen LogP contribution in [0.2, 0.25) is 0 Å². The Morgan fingerprint density at radius 2 is 2.25 bits per heavy atom. The summed E-state index contributed by atoms with van der Waals surface area (Å²) in [6.45, 7) is 3.33. The van der Waals surface area contributed by atoms with Gasteiger partial charge in [0.2, 0.25) is 5.91 Å². The monoisotopic (exact) mass is 407 g/mol. The van der Waals surface area contributed by atoms with Crippen molar-refractivity contribution in [2.45, 2.75) is 38.7 Å². The second-order valence-corrected chi connectivity index (χ2v) is 8.17. The normalized spacial score (nSPS) is 24.9. The van der Waals surface area contributed by atoms with Crippen molar-refractivity contribution in [1.82, 2.24) is 10.2 Å². The number of rotatable bonds is 7. The maximum Gasteiger partial charge on any atom is 0.445 e. The molecule has 0 spiro atoms. The van der Waals surface area contributed by atoms with E-state index in [4.69, 9.17) is 4.74 Å². The Morgan fingerprint density at radius 3 is 2.93 bits per heavy atom. The Hall–Kier alpha value is -2.00. The lowest BCUT2D eigenvalue weighted by Gasteiger charge is -2.28. The van der Waals surface area contributed by atoms with Crippen molar-refractivity contribution < 1.29 is 23.7 Å². The minimum Gasteiger partial charge on any atom is -0.376 e.